The van der Waals surface area contributed by atoms with Gasteiger partial charge < -0.3 is 34.4 Å². The van der Waals surface area contributed by atoms with E-state index in [1.54, 1.807) is 13.0 Å². The van der Waals surface area contributed by atoms with Crippen molar-refractivity contribution in [3.05, 3.63) is 42.0 Å². The number of pyridine rings is 1. The third-order valence-corrected chi connectivity index (χ3v) is 12.2. The standard InChI is InChI=1S/C40H49F2N5O6/c1-38(2,49)24-17-25(18-24)47-13-7-12-40(11-6-10-29(40)47)22-53-37-44-34-31(35(45-37)46-14-15-52-21-39(3,50)20-46)36(51-4)43-33(32(34)42)27-19-26(48)16-23-8-5-9-28(41)30(23)27/h5,8-9,16,19,24-25,29,48-50H,6-7,10-15,17-18,20-22H2,1-4H3. The van der Waals surface area contributed by atoms with Crippen LogP contribution in [0.3, 0.4) is 0 Å². The highest BCUT2D eigenvalue weighted by molar-refractivity contribution is 6.02. The minimum Gasteiger partial charge on any atom is -0.508 e. The largest absolute Gasteiger partial charge is 0.508 e. The summed E-state index contributed by atoms with van der Waals surface area (Å²) >= 11 is 0. The Labute approximate surface area is 307 Å². The fraction of sp³-hybridized carbons (Fsp3) is 0.575. The van der Waals surface area contributed by atoms with Crippen LogP contribution in [0.4, 0.5) is 14.6 Å². The highest BCUT2D eigenvalue weighted by atomic mass is 19.1. The van der Waals surface area contributed by atoms with Crippen molar-refractivity contribution in [1.82, 2.24) is 19.9 Å². The van der Waals surface area contributed by atoms with Crippen LogP contribution in [-0.4, -0.2) is 105 Å². The zero-order valence-corrected chi connectivity index (χ0v) is 30.9. The van der Waals surface area contributed by atoms with E-state index in [1.807, 2.05) is 18.7 Å². The van der Waals surface area contributed by atoms with Crippen LogP contribution in [-0.2, 0) is 4.74 Å². The molecule has 0 spiro atoms. The number of phenolic OH excluding ortho intramolecular Hbond substituents is 1. The summed E-state index contributed by atoms with van der Waals surface area (Å²) in [6.45, 7) is 7.70. The average Bonchev–Trinajstić information content (AvgIpc) is 3.43. The molecule has 3 N–H and O–H groups in total. The molecular formula is C40H49F2N5O6. The Kier molecular flexibility index (Phi) is 9.15. The molecule has 4 aliphatic rings. The van der Waals surface area contributed by atoms with Gasteiger partial charge in [-0.05, 0) is 95.3 Å². The maximum Gasteiger partial charge on any atom is 0.319 e. The van der Waals surface area contributed by atoms with Crippen LogP contribution in [0.5, 0.6) is 17.6 Å². The third-order valence-electron chi connectivity index (χ3n) is 12.2. The number of fused-ring (bicyclic) bond motifs is 3. The van der Waals surface area contributed by atoms with Crippen LogP contribution in [0.25, 0.3) is 32.9 Å². The van der Waals surface area contributed by atoms with Crippen molar-refractivity contribution in [3.8, 4) is 28.9 Å². The van der Waals surface area contributed by atoms with Crippen LogP contribution >= 0.6 is 0 Å². The Hall–Kier alpha value is -3.91. The van der Waals surface area contributed by atoms with Crippen molar-refractivity contribution in [2.75, 3.05) is 51.5 Å². The summed E-state index contributed by atoms with van der Waals surface area (Å²) in [4.78, 5) is 18.6. The van der Waals surface area contributed by atoms with E-state index in [0.717, 1.165) is 51.5 Å². The molecule has 2 aliphatic carbocycles. The van der Waals surface area contributed by atoms with Crippen LogP contribution in [0.1, 0.15) is 65.7 Å². The number of benzene rings is 2. The summed E-state index contributed by atoms with van der Waals surface area (Å²) in [5, 5.41) is 33.0. The van der Waals surface area contributed by atoms with E-state index in [9.17, 15) is 15.3 Å². The predicted molar refractivity (Wildman–Crippen MR) is 196 cm³/mol. The monoisotopic (exact) mass is 733 g/mol. The van der Waals surface area contributed by atoms with Crippen molar-refractivity contribution < 1.29 is 38.3 Å². The van der Waals surface area contributed by atoms with Crippen LogP contribution in [0, 0.1) is 23.0 Å². The number of hydrogen-bond donors (Lipinski definition) is 3. The number of ether oxygens (including phenoxy) is 3. The van der Waals surface area contributed by atoms with Gasteiger partial charge in [-0.15, -0.1) is 0 Å². The van der Waals surface area contributed by atoms with Gasteiger partial charge in [0.05, 0.1) is 39.1 Å². The van der Waals surface area contributed by atoms with E-state index >= 15 is 8.78 Å². The number of aromatic hydroxyl groups is 1. The van der Waals surface area contributed by atoms with E-state index in [4.69, 9.17) is 19.2 Å². The molecule has 4 aromatic rings. The molecule has 0 amide bonds. The number of rotatable bonds is 8. The molecule has 3 atom stereocenters. The Bertz CT molecular complexity index is 2040. The molecule has 2 aliphatic heterocycles. The number of aliphatic hydroxyl groups is 2. The number of aromatic nitrogens is 3. The zero-order valence-electron chi connectivity index (χ0n) is 30.9. The third kappa shape index (κ3) is 6.53. The van der Waals surface area contributed by atoms with Crippen molar-refractivity contribution in [2.24, 2.45) is 11.3 Å². The highest BCUT2D eigenvalue weighted by Gasteiger charge is 2.53. The van der Waals surface area contributed by atoms with Crippen LogP contribution in [0.2, 0.25) is 0 Å². The number of β-amino-alcohol motifs (C(OH)–C–C–N with tert-alkyl or cyclic N) is 1. The number of methoxy groups -OCH3 is 1. The predicted octanol–water partition coefficient (Wildman–Crippen LogP) is 5.99. The second-order valence-corrected chi connectivity index (χ2v) is 16.5. The molecule has 8 rings (SSSR count). The summed E-state index contributed by atoms with van der Waals surface area (Å²) in [6, 6.07) is 7.86. The first-order chi connectivity index (χ1) is 25.3. The fourth-order valence-corrected chi connectivity index (χ4v) is 9.48. The zero-order chi connectivity index (χ0) is 37.3. The summed E-state index contributed by atoms with van der Waals surface area (Å²) in [5.41, 5.74) is -2.39. The topological polar surface area (TPSA) is 134 Å². The number of nitrogens with zero attached hydrogens (tertiary/aromatic N) is 5. The molecule has 13 heteroatoms. The molecule has 2 aromatic carbocycles. The van der Waals surface area contributed by atoms with E-state index in [0.29, 0.717) is 37.2 Å². The first-order valence-electron chi connectivity index (χ1n) is 18.8. The lowest BCUT2D eigenvalue weighted by Gasteiger charge is -2.55. The van der Waals surface area contributed by atoms with Crippen LogP contribution in [0.15, 0.2) is 30.3 Å². The van der Waals surface area contributed by atoms with Gasteiger partial charge in [0.2, 0.25) is 5.88 Å². The molecule has 4 heterocycles. The Balaban J connectivity index is 1.22. The average molecular weight is 734 g/mol. The van der Waals surface area contributed by atoms with E-state index in [1.165, 1.54) is 31.4 Å². The summed E-state index contributed by atoms with van der Waals surface area (Å²) in [5.74, 6) is -1.07. The summed E-state index contributed by atoms with van der Waals surface area (Å²) < 4.78 is 50.6. The number of halogens is 2. The number of hydrogen-bond acceptors (Lipinski definition) is 11. The lowest BCUT2D eigenvalue weighted by atomic mass is 9.68. The fourth-order valence-electron chi connectivity index (χ4n) is 9.48. The minimum atomic E-state index is -1.24. The molecule has 2 saturated heterocycles. The van der Waals surface area contributed by atoms with E-state index in [-0.39, 0.29) is 75.5 Å². The number of piperidine rings is 1. The molecule has 284 valence electrons. The smallest absolute Gasteiger partial charge is 0.319 e. The molecule has 2 aromatic heterocycles. The highest BCUT2D eigenvalue weighted by Crippen LogP contribution is 2.52. The van der Waals surface area contributed by atoms with Crippen LogP contribution < -0.4 is 14.4 Å². The number of likely N-dealkylation sites (tertiary alicyclic amines) is 1. The molecule has 3 unspecified atom stereocenters. The van der Waals surface area contributed by atoms with E-state index < -0.39 is 22.8 Å². The second kappa shape index (κ2) is 13.4. The second-order valence-electron chi connectivity index (χ2n) is 16.5. The van der Waals surface area contributed by atoms with Crippen molar-refractivity contribution in [3.63, 3.8) is 0 Å². The first kappa shape index (κ1) is 36.1. The molecular weight excluding hydrogens is 684 g/mol. The lowest BCUT2D eigenvalue weighted by Crippen LogP contribution is -2.60. The molecule has 0 radical (unpaired) electrons. The van der Waals surface area contributed by atoms with Crippen molar-refractivity contribution >= 4 is 27.5 Å². The number of anilines is 1. The van der Waals surface area contributed by atoms with Gasteiger partial charge in [-0.3, -0.25) is 4.90 Å². The summed E-state index contributed by atoms with van der Waals surface area (Å²) in [7, 11) is 1.40. The maximum absolute atomic E-state index is 17.1. The molecule has 53 heavy (non-hydrogen) atoms. The Morgan fingerprint density at radius 1 is 1.06 bits per heavy atom. The SMILES string of the molecule is COc1nc(-c2cc(O)cc3cccc(F)c23)c(F)c2nc(OCC34CCCC3N(C3CC(C(C)(C)O)C3)CCC4)nc(N3CCOCC(C)(O)C3)c12. The molecule has 2 saturated carbocycles. The first-order valence-corrected chi connectivity index (χ1v) is 18.8. The van der Waals surface area contributed by atoms with Gasteiger partial charge in [-0.1, -0.05) is 18.6 Å². The normalized spacial score (nSPS) is 28.2. The van der Waals surface area contributed by atoms with E-state index in [2.05, 4.69) is 14.9 Å². The van der Waals surface area contributed by atoms with Gasteiger partial charge in [0.25, 0.3) is 0 Å². The summed E-state index contributed by atoms with van der Waals surface area (Å²) in [6.07, 6.45) is 7.12. The number of phenols is 1. The Morgan fingerprint density at radius 3 is 2.62 bits per heavy atom. The maximum atomic E-state index is 17.1. The molecule has 0 bridgehead atoms. The van der Waals surface area contributed by atoms with Crippen molar-refractivity contribution in [2.45, 2.75) is 89.0 Å². The lowest BCUT2D eigenvalue weighted by molar-refractivity contribution is -0.0970. The minimum absolute atomic E-state index is 0.00202. The van der Waals surface area contributed by atoms with Gasteiger partial charge in [0, 0.05) is 35.0 Å². The van der Waals surface area contributed by atoms with Crippen molar-refractivity contribution in [1.29, 1.82) is 0 Å². The van der Waals surface area contributed by atoms with Gasteiger partial charge in [0.1, 0.15) is 39.6 Å². The molecule has 11 nitrogen and oxygen atoms in total. The van der Waals surface area contributed by atoms with Gasteiger partial charge in [-0.2, -0.15) is 9.97 Å². The van der Waals surface area contributed by atoms with Gasteiger partial charge >= 0.3 is 6.01 Å². The quantitative estimate of drug-likeness (QED) is 0.197. The Morgan fingerprint density at radius 2 is 1.85 bits per heavy atom. The molecule has 4 fully saturated rings. The van der Waals surface area contributed by atoms with Gasteiger partial charge in [-0.25, -0.2) is 13.8 Å². The van der Waals surface area contributed by atoms with Gasteiger partial charge in [0.15, 0.2) is 5.82 Å².